The molecular weight excluding hydrogens is 271 g/mol. The number of Topliss-reactive ketones (excluding diaryl/α,β-unsaturated/α-hetero) is 1. The van der Waals surface area contributed by atoms with E-state index in [4.69, 9.17) is 0 Å². The Morgan fingerprint density at radius 2 is 2.00 bits per heavy atom. The van der Waals surface area contributed by atoms with Crippen molar-refractivity contribution in [3.05, 3.63) is 47.9 Å². The van der Waals surface area contributed by atoms with Gasteiger partial charge in [-0.1, -0.05) is 6.07 Å². The molecule has 0 atom stereocenters. The van der Waals surface area contributed by atoms with Gasteiger partial charge in [-0.15, -0.1) is 0 Å². The normalized spacial score (nSPS) is 11.0. The third kappa shape index (κ3) is 2.16. The van der Waals surface area contributed by atoms with Crippen LogP contribution < -0.4 is 0 Å². The molecule has 0 saturated carbocycles. The average Bonchev–Trinajstić information content (AvgIpc) is 2.76. The van der Waals surface area contributed by atoms with Crippen molar-refractivity contribution in [2.24, 2.45) is 7.05 Å². The molecule has 0 fully saturated rings. The lowest BCUT2D eigenvalue weighted by atomic mass is 10.0. The first-order valence-electron chi connectivity index (χ1n) is 6.44. The van der Waals surface area contributed by atoms with Crippen molar-refractivity contribution in [1.82, 2.24) is 9.78 Å². The third-order valence-electron chi connectivity index (χ3n) is 3.45. The highest BCUT2D eigenvalue weighted by atomic mass is 19.1. The van der Waals surface area contributed by atoms with Gasteiger partial charge in [0.05, 0.1) is 5.52 Å². The number of halogens is 1. The molecule has 3 aromatic rings. The van der Waals surface area contributed by atoms with Crippen LogP contribution in [0.4, 0.5) is 4.39 Å². The van der Waals surface area contributed by atoms with Gasteiger partial charge in [-0.05, 0) is 29.8 Å². The lowest BCUT2D eigenvalue weighted by Crippen LogP contribution is -1.95. The Bertz CT molecular complexity index is 868. The number of aryl methyl sites for hydroxylation is 1. The van der Waals surface area contributed by atoms with Gasteiger partial charge >= 0.3 is 0 Å². The summed E-state index contributed by atoms with van der Waals surface area (Å²) in [5.74, 6) is -0.758. The number of ketones is 1. The van der Waals surface area contributed by atoms with Crippen LogP contribution in [-0.2, 0) is 7.05 Å². The fraction of sp³-hybridized carbons (Fsp3) is 0.125. The number of rotatable bonds is 2. The summed E-state index contributed by atoms with van der Waals surface area (Å²) in [6.45, 7) is 1.46. The van der Waals surface area contributed by atoms with Crippen molar-refractivity contribution in [2.45, 2.75) is 6.92 Å². The van der Waals surface area contributed by atoms with Crippen molar-refractivity contribution in [2.75, 3.05) is 0 Å². The second kappa shape index (κ2) is 4.70. The number of phenols is 1. The van der Waals surface area contributed by atoms with Crippen molar-refractivity contribution in [3.63, 3.8) is 0 Å². The summed E-state index contributed by atoms with van der Waals surface area (Å²) in [4.78, 5) is 11.7. The number of phenolic OH excluding ortho intramolecular Hbond substituents is 1. The summed E-state index contributed by atoms with van der Waals surface area (Å²) in [6, 6.07) is 9.28. The zero-order chi connectivity index (χ0) is 15.1. The summed E-state index contributed by atoms with van der Waals surface area (Å²) in [5.41, 5.74) is 2.42. The lowest BCUT2D eigenvalue weighted by Gasteiger charge is -2.05. The molecule has 0 radical (unpaired) electrons. The number of benzene rings is 2. The number of carbonyl (C=O) groups is 1. The Hall–Kier alpha value is -2.69. The molecule has 5 heteroatoms. The Morgan fingerprint density at radius 1 is 1.24 bits per heavy atom. The van der Waals surface area contributed by atoms with Crippen LogP contribution in [0.5, 0.6) is 5.75 Å². The summed E-state index contributed by atoms with van der Waals surface area (Å²) < 4.78 is 14.7. The molecule has 4 nitrogen and oxygen atoms in total. The zero-order valence-electron chi connectivity index (χ0n) is 11.6. The van der Waals surface area contributed by atoms with Crippen LogP contribution >= 0.6 is 0 Å². The highest BCUT2D eigenvalue weighted by molar-refractivity contribution is 6.05. The van der Waals surface area contributed by atoms with Crippen LogP contribution in [0.1, 0.15) is 17.4 Å². The number of nitrogens with zero attached hydrogens (tertiary/aromatic N) is 2. The zero-order valence-corrected chi connectivity index (χ0v) is 11.6. The highest BCUT2D eigenvalue weighted by Gasteiger charge is 2.14. The minimum absolute atomic E-state index is 0.124. The lowest BCUT2D eigenvalue weighted by molar-refractivity contribution is 0.101. The number of carbonyl (C=O) groups excluding carboxylic acids is 1. The van der Waals surface area contributed by atoms with Gasteiger partial charge in [0.15, 0.2) is 5.78 Å². The van der Waals surface area contributed by atoms with E-state index in [-0.39, 0.29) is 11.5 Å². The monoisotopic (exact) mass is 284 g/mol. The standard InChI is InChI=1S/C16H13FN2O2/c1-9(20)16-13-7-10(3-6-14(13)19(2)18-16)12-5-4-11(17)8-15(12)21/h3-8,21H,1-2H3. The smallest absolute Gasteiger partial charge is 0.180 e. The SMILES string of the molecule is CC(=O)c1nn(C)c2ccc(-c3ccc(F)cc3O)cc12. The average molecular weight is 284 g/mol. The minimum Gasteiger partial charge on any atom is -0.507 e. The number of fused-ring (bicyclic) bond motifs is 1. The number of aromatic hydroxyl groups is 1. The molecule has 3 rings (SSSR count). The molecule has 1 N–H and O–H groups in total. The molecule has 1 heterocycles. The van der Waals surface area contributed by atoms with Crippen LogP contribution in [0, 0.1) is 5.82 Å². The van der Waals surface area contributed by atoms with E-state index in [1.165, 1.54) is 19.1 Å². The van der Waals surface area contributed by atoms with E-state index in [2.05, 4.69) is 5.10 Å². The molecule has 21 heavy (non-hydrogen) atoms. The first-order valence-corrected chi connectivity index (χ1v) is 6.44. The molecule has 0 bridgehead atoms. The van der Waals surface area contributed by atoms with Gasteiger partial charge < -0.3 is 5.11 Å². The fourth-order valence-corrected chi connectivity index (χ4v) is 2.44. The number of aromatic nitrogens is 2. The van der Waals surface area contributed by atoms with Crippen LogP contribution in [0.25, 0.3) is 22.0 Å². The molecule has 0 aliphatic rings. The van der Waals surface area contributed by atoms with Crippen molar-refractivity contribution < 1.29 is 14.3 Å². The molecule has 2 aromatic carbocycles. The van der Waals surface area contributed by atoms with Gasteiger partial charge in [-0.3, -0.25) is 9.48 Å². The van der Waals surface area contributed by atoms with Gasteiger partial charge in [-0.25, -0.2) is 4.39 Å². The Labute approximate surface area is 120 Å². The van der Waals surface area contributed by atoms with E-state index in [0.29, 0.717) is 22.2 Å². The van der Waals surface area contributed by atoms with E-state index in [1.54, 1.807) is 23.9 Å². The molecule has 0 amide bonds. The van der Waals surface area contributed by atoms with E-state index in [0.717, 1.165) is 11.6 Å². The maximum Gasteiger partial charge on any atom is 0.180 e. The Morgan fingerprint density at radius 3 is 2.67 bits per heavy atom. The fourth-order valence-electron chi connectivity index (χ4n) is 2.44. The predicted octanol–water partition coefficient (Wildman–Crippen LogP) is 3.29. The van der Waals surface area contributed by atoms with E-state index < -0.39 is 5.82 Å². The molecule has 1 aromatic heterocycles. The van der Waals surface area contributed by atoms with Crippen molar-refractivity contribution in [3.8, 4) is 16.9 Å². The molecule has 0 unspecified atom stereocenters. The number of hydrogen-bond donors (Lipinski definition) is 1. The van der Waals surface area contributed by atoms with E-state index >= 15 is 0 Å². The van der Waals surface area contributed by atoms with Crippen LogP contribution in [0.15, 0.2) is 36.4 Å². The van der Waals surface area contributed by atoms with Gasteiger partial charge in [0.1, 0.15) is 17.3 Å². The summed E-state index contributed by atoms with van der Waals surface area (Å²) in [6.07, 6.45) is 0. The molecule has 0 spiro atoms. The highest BCUT2D eigenvalue weighted by Crippen LogP contribution is 2.32. The maximum atomic E-state index is 13.1. The molecule has 106 valence electrons. The van der Waals surface area contributed by atoms with Gasteiger partial charge in [-0.2, -0.15) is 5.10 Å². The van der Waals surface area contributed by atoms with E-state index in [9.17, 15) is 14.3 Å². The van der Waals surface area contributed by atoms with Gasteiger partial charge in [0.2, 0.25) is 0 Å². The summed E-state index contributed by atoms with van der Waals surface area (Å²) in [5, 5.41) is 14.8. The topological polar surface area (TPSA) is 55.1 Å². The van der Waals surface area contributed by atoms with Crippen molar-refractivity contribution in [1.29, 1.82) is 0 Å². The second-order valence-electron chi connectivity index (χ2n) is 4.92. The maximum absolute atomic E-state index is 13.1. The molecule has 0 aliphatic carbocycles. The van der Waals surface area contributed by atoms with Gasteiger partial charge in [0.25, 0.3) is 0 Å². The first kappa shape index (κ1) is 13.3. The van der Waals surface area contributed by atoms with Crippen molar-refractivity contribution >= 4 is 16.7 Å². The summed E-state index contributed by atoms with van der Waals surface area (Å²) >= 11 is 0. The van der Waals surface area contributed by atoms with Crippen LogP contribution in [-0.4, -0.2) is 20.7 Å². The Balaban J connectivity index is 2.25. The van der Waals surface area contributed by atoms with Crippen LogP contribution in [0.3, 0.4) is 0 Å². The predicted molar refractivity (Wildman–Crippen MR) is 77.8 cm³/mol. The van der Waals surface area contributed by atoms with Crippen LogP contribution in [0.2, 0.25) is 0 Å². The molecule has 0 aliphatic heterocycles. The first-order chi connectivity index (χ1) is 9.97. The third-order valence-corrected chi connectivity index (χ3v) is 3.45. The second-order valence-corrected chi connectivity index (χ2v) is 4.92. The minimum atomic E-state index is -0.497. The quantitative estimate of drug-likeness (QED) is 0.735. The largest absolute Gasteiger partial charge is 0.507 e. The molecular formula is C16H13FN2O2. The van der Waals surface area contributed by atoms with E-state index in [1.807, 2.05) is 6.07 Å². The summed E-state index contributed by atoms with van der Waals surface area (Å²) in [7, 11) is 1.77. The molecule has 0 saturated heterocycles. The number of hydrogen-bond acceptors (Lipinski definition) is 3. The Kier molecular flexibility index (Phi) is 2.97. The van der Waals surface area contributed by atoms with Gasteiger partial charge in [0, 0.05) is 31.0 Å².